The summed E-state index contributed by atoms with van der Waals surface area (Å²) in [6, 6.07) is 0.581. The Morgan fingerprint density at radius 3 is 2.48 bits per heavy atom. The van der Waals surface area contributed by atoms with Gasteiger partial charge < -0.3 is 0 Å². The van der Waals surface area contributed by atoms with Crippen LogP contribution in [-0.2, 0) is 9.59 Å². The van der Waals surface area contributed by atoms with Gasteiger partial charge in [0.25, 0.3) is 6.41 Å². The van der Waals surface area contributed by atoms with Gasteiger partial charge in [0.2, 0.25) is 0 Å². The molecule has 2 amide bonds. The van der Waals surface area contributed by atoms with Crippen LogP contribution in [0.5, 0.6) is 0 Å². The fourth-order valence-corrected chi connectivity index (χ4v) is 8.54. The van der Waals surface area contributed by atoms with Crippen molar-refractivity contribution >= 4 is 12.3 Å². The molecular formula is C23H37N2O2+. The van der Waals surface area contributed by atoms with Crippen molar-refractivity contribution in [2.75, 3.05) is 7.05 Å². The molecule has 0 spiro atoms. The molecule has 1 aliphatic heterocycles. The van der Waals surface area contributed by atoms with Gasteiger partial charge in [-0.05, 0) is 74.5 Å². The van der Waals surface area contributed by atoms with Gasteiger partial charge in [-0.1, -0.05) is 20.3 Å². The van der Waals surface area contributed by atoms with Crippen molar-refractivity contribution in [2.45, 2.75) is 96.6 Å². The van der Waals surface area contributed by atoms with E-state index in [9.17, 15) is 9.59 Å². The minimum Gasteiger partial charge on any atom is -0.273 e. The summed E-state index contributed by atoms with van der Waals surface area (Å²) >= 11 is 0. The molecule has 5 fully saturated rings. The van der Waals surface area contributed by atoms with E-state index in [0.717, 1.165) is 49.8 Å². The van der Waals surface area contributed by atoms with Crippen LogP contribution in [0.1, 0.15) is 84.5 Å². The highest BCUT2D eigenvalue weighted by atomic mass is 16.2. The van der Waals surface area contributed by atoms with Crippen LogP contribution in [0.15, 0.2) is 0 Å². The number of rotatable bonds is 3. The number of quaternary nitrogens is 1. The molecule has 4 saturated carbocycles. The second-order valence-electron chi connectivity index (χ2n) is 11.2. The van der Waals surface area contributed by atoms with Gasteiger partial charge in [0.15, 0.2) is 0 Å². The zero-order valence-electron chi connectivity index (χ0n) is 17.5. The second-order valence-corrected chi connectivity index (χ2v) is 11.2. The van der Waals surface area contributed by atoms with E-state index in [4.69, 9.17) is 0 Å². The van der Waals surface area contributed by atoms with Crippen molar-refractivity contribution in [3.05, 3.63) is 0 Å². The molecule has 7 atom stereocenters. The van der Waals surface area contributed by atoms with E-state index in [0.29, 0.717) is 17.9 Å². The third-order valence-corrected chi connectivity index (χ3v) is 10.1. The molecule has 4 aliphatic carbocycles. The summed E-state index contributed by atoms with van der Waals surface area (Å²) in [6.07, 6.45) is 14.2. The number of fused-ring (bicyclic) bond motifs is 5. The van der Waals surface area contributed by atoms with Crippen LogP contribution in [0, 0.1) is 28.6 Å². The maximum Gasteiger partial charge on any atom is 0.338 e. The standard InChI is InChI=1S/C23H37N2O2/c1-22-12-4-5-18(22)17-8-9-20-23(2,19(17)10-13-22)14-11-21(27)25(20,3)24(15-26)16-6-7-16/h15-20H,4-14H2,1-3H3/q+1/t17-,18-,19-,20+,22-,23+,25?/m0/s1. The lowest BCUT2D eigenvalue weighted by Crippen LogP contribution is -2.75. The molecule has 27 heavy (non-hydrogen) atoms. The van der Waals surface area contributed by atoms with E-state index in [1.54, 1.807) is 0 Å². The summed E-state index contributed by atoms with van der Waals surface area (Å²) in [5.74, 6) is 2.76. The molecule has 4 nitrogen and oxygen atoms in total. The Hall–Kier alpha value is -0.900. The first-order valence-electron chi connectivity index (χ1n) is 11.5. The van der Waals surface area contributed by atoms with Crippen molar-refractivity contribution in [2.24, 2.45) is 28.6 Å². The van der Waals surface area contributed by atoms with Gasteiger partial charge in [-0.3, -0.25) is 4.79 Å². The zero-order valence-corrected chi connectivity index (χ0v) is 17.5. The summed E-state index contributed by atoms with van der Waals surface area (Å²) < 4.78 is 0.274. The number of hydrogen-bond donors (Lipinski definition) is 0. The molecule has 1 saturated heterocycles. The monoisotopic (exact) mass is 373 g/mol. The Kier molecular flexibility index (Phi) is 3.90. The number of carbonyl (C=O) groups is 2. The first-order valence-corrected chi connectivity index (χ1v) is 11.5. The molecule has 0 radical (unpaired) electrons. The molecule has 0 aromatic carbocycles. The van der Waals surface area contributed by atoms with Gasteiger partial charge in [-0.15, -0.1) is 0 Å². The van der Waals surface area contributed by atoms with Crippen LogP contribution in [-0.4, -0.2) is 41.0 Å². The minimum absolute atomic E-state index is 0.200. The molecule has 4 heteroatoms. The highest BCUT2D eigenvalue weighted by Gasteiger charge is 2.66. The Morgan fingerprint density at radius 2 is 1.78 bits per heavy atom. The van der Waals surface area contributed by atoms with Crippen LogP contribution in [0.4, 0.5) is 0 Å². The summed E-state index contributed by atoms with van der Waals surface area (Å²) in [5.41, 5.74) is 0.779. The Balaban J connectivity index is 1.51. The molecule has 0 aromatic rings. The minimum atomic E-state index is 0.200. The predicted octanol–water partition coefficient (Wildman–Crippen LogP) is 4.29. The van der Waals surface area contributed by atoms with Crippen molar-refractivity contribution in [1.82, 2.24) is 5.01 Å². The van der Waals surface area contributed by atoms with Crippen molar-refractivity contribution < 1.29 is 14.2 Å². The van der Waals surface area contributed by atoms with Crippen LogP contribution in [0.3, 0.4) is 0 Å². The summed E-state index contributed by atoms with van der Waals surface area (Å²) in [6.45, 7) is 5.05. The summed E-state index contributed by atoms with van der Waals surface area (Å²) in [7, 11) is 2.07. The molecule has 5 aliphatic rings. The van der Waals surface area contributed by atoms with Crippen molar-refractivity contribution in [1.29, 1.82) is 0 Å². The fourth-order valence-electron chi connectivity index (χ4n) is 8.54. The van der Waals surface area contributed by atoms with Gasteiger partial charge in [-0.25, -0.2) is 4.79 Å². The van der Waals surface area contributed by atoms with Crippen molar-refractivity contribution in [3.8, 4) is 0 Å². The van der Waals surface area contributed by atoms with Gasteiger partial charge >= 0.3 is 5.91 Å². The zero-order chi connectivity index (χ0) is 19.0. The lowest BCUT2D eigenvalue weighted by Gasteiger charge is -2.63. The van der Waals surface area contributed by atoms with E-state index in [1.807, 2.05) is 5.01 Å². The van der Waals surface area contributed by atoms with E-state index < -0.39 is 0 Å². The van der Waals surface area contributed by atoms with Gasteiger partial charge in [-0.2, -0.15) is 9.60 Å². The summed E-state index contributed by atoms with van der Waals surface area (Å²) in [5, 5.41) is 1.91. The number of piperidine rings is 1. The summed E-state index contributed by atoms with van der Waals surface area (Å²) in [4.78, 5) is 25.3. The lowest BCUT2D eigenvalue weighted by molar-refractivity contribution is -0.973. The molecule has 0 N–H and O–H groups in total. The Bertz CT molecular complexity index is 661. The predicted molar refractivity (Wildman–Crippen MR) is 104 cm³/mol. The number of carbonyl (C=O) groups excluding carboxylic acids is 2. The Labute approximate surface area is 164 Å². The normalized spacial score (nSPS) is 51.9. The van der Waals surface area contributed by atoms with Crippen molar-refractivity contribution in [3.63, 3.8) is 0 Å². The fraction of sp³-hybridized carbons (Fsp3) is 0.913. The molecule has 150 valence electrons. The topological polar surface area (TPSA) is 37.4 Å². The van der Waals surface area contributed by atoms with E-state index in [-0.39, 0.29) is 22.0 Å². The number of likely N-dealkylation sites (tertiary alicyclic amines) is 1. The quantitative estimate of drug-likeness (QED) is 0.547. The average Bonchev–Trinajstić information content (AvgIpc) is 3.38. The number of amides is 2. The van der Waals surface area contributed by atoms with Crippen LogP contribution < -0.4 is 0 Å². The van der Waals surface area contributed by atoms with E-state index in [2.05, 4.69) is 20.9 Å². The third-order valence-electron chi connectivity index (χ3n) is 10.1. The highest BCUT2D eigenvalue weighted by molar-refractivity contribution is 5.71. The molecule has 0 aromatic heterocycles. The largest absolute Gasteiger partial charge is 0.338 e. The maximum absolute atomic E-state index is 13.2. The Morgan fingerprint density at radius 1 is 1.00 bits per heavy atom. The molecule has 5 rings (SSSR count). The molecular weight excluding hydrogens is 336 g/mol. The van der Waals surface area contributed by atoms with Gasteiger partial charge in [0.05, 0.1) is 19.5 Å². The molecule has 0 bridgehead atoms. The van der Waals surface area contributed by atoms with E-state index >= 15 is 0 Å². The lowest BCUT2D eigenvalue weighted by atomic mass is 9.47. The molecule has 1 heterocycles. The number of nitrogens with zero attached hydrogens (tertiary/aromatic N) is 2. The first kappa shape index (κ1) is 18.1. The van der Waals surface area contributed by atoms with E-state index in [1.165, 1.54) is 38.5 Å². The van der Waals surface area contributed by atoms with Crippen LogP contribution in [0.25, 0.3) is 0 Å². The number of hydrogen-bond acceptors (Lipinski definition) is 2. The second kappa shape index (κ2) is 5.81. The van der Waals surface area contributed by atoms with Crippen LogP contribution >= 0.6 is 0 Å². The maximum atomic E-state index is 13.2. The average molecular weight is 374 g/mol. The van der Waals surface area contributed by atoms with Gasteiger partial charge in [0.1, 0.15) is 6.04 Å². The highest BCUT2D eigenvalue weighted by Crippen LogP contribution is 2.65. The first-order chi connectivity index (χ1) is 12.8. The van der Waals surface area contributed by atoms with Crippen LogP contribution in [0.2, 0.25) is 0 Å². The SMILES string of the molecule is C[C@@]12CCC[C@H]1[C@@H]1CC[C@@H]3[C@](C)(CCC(=O)[N+]3(C)N(C=O)C3CC3)[C@H]1CC2. The van der Waals surface area contributed by atoms with Gasteiger partial charge in [0, 0.05) is 11.8 Å². The smallest absolute Gasteiger partial charge is 0.273 e. The molecule has 1 unspecified atom stereocenters. The third kappa shape index (κ3) is 2.31.